The van der Waals surface area contributed by atoms with E-state index in [2.05, 4.69) is 161 Å². The summed E-state index contributed by atoms with van der Waals surface area (Å²) in [5.74, 6) is -0.783. The Morgan fingerprint density at radius 2 is 1.39 bits per heavy atom. The maximum atomic E-state index is 13.6. The molecule has 0 radical (unpaired) electrons. The molecule has 0 aromatic heterocycles. The fraction of sp³-hybridized carbons (Fsp3) is 0.549. The van der Waals surface area contributed by atoms with Crippen molar-refractivity contribution in [2.24, 2.45) is 5.92 Å². The average molecular weight is 903 g/mol. The van der Waals surface area contributed by atoms with Crippen LogP contribution in [0.2, 0.25) is 48.9 Å². The largest absolute Gasteiger partial charge is 0.467 e. The van der Waals surface area contributed by atoms with Gasteiger partial charge in [0.1, 0.15) is 17.4 Å². The maximum Gasteiger partial charge on any atom is 0.342 e. The second-order valence-electron chi connectivity index (χ2n) is 21.1. The van der Waals surface area contributed by atoms with Gasteiger partial charge in [0.25, 0.3) is 8.32 Å². The van der Waals surface area contributed by atoms with E-state index in [0.717, 1.165) is 6.04 Å². The number of hydrogen-bond donors (Lipinski definition) is 0. The third-order valence-corrected chi connectivity index (χ3v) is 23.6. The van der Waals surface area contributed by atoms with E-state index in [0.29, 0.717) is 29.9 Å². The first kappa shape index (κ1) is 51.5. The summed E-state index contributed by atoms with van der Waals surface area (Å²) >= 11 is 0. The summed E-state index contributed by atoms with van der Waals surface area (Å²) in [5.41, 5.74) is 1.08. The van der Waals surface area contributed by atoms with Gasteiger partial charge in [-0.25, -0.2) is 4.79 Å². The Bertz CT molecular complexity index is 1890. The van der Waals surface area contributed by atoms with Gasteiger partial charge in [-0.1, -0.05) is 165 Å². The molecule has 4 rings (SSSR count). The SMILES string of the molecule is COCOc1cccc(C=CC[C@@H]2OC(C)(C)O[C@@H]2C(C=C[C@@H](C)[C@@H](C)O[Si](c2ccccc2)(c2ccccc2)C(C)(C)C)O[Si](C)(C)C(C)(C)C)c1C(=O)OCC[Si](C)(C)C. The molecule has 3 aromatic rings. The first-order valence-electron chi connectivity index (χ1n) is 22.4. The number of hydrogen-bond acceptors (Lipinski definition) is 8. The third-order valence-electron chi connectivity index (χ3n) is 12.3. The summed E-state index contributed by atoms with van der Waals surface area (Å²) in [6.07, 6.45) is 7.75. The molecular formula is C51H78O8Si3. The lowest BCUT2D eigenvalue weighted by atomic mass is 10.00. The Labute approximate surface area is 378 Å². The van der Waals surface area contributed by atoms with Crippen LogP contribution in [0.3, 0.4) is 0 Å². The monoisotopic (exact) mass is 903 g/mol. The Morgan fingerprint density at radius 1 is 0.790 bits per heavy atom. The van der Waals surface area contributed by atoms with E-state index in [1.807, 2.05) is 38.1 Å². The molecule has 0 bridgehead atoms. The quantitative estimate of drug-likeness (QED) is 0.0480. The van der Waals surface area contributed by atoms with Crippen molar-refractivity contribution in [1.29, 1.82) is 0 Å². The van der Waals surface area contributed by atoms with Crippen molar-refractivity contribution in [3.63, 3.8) is 0 Å². The van der Waals surface area contributed by atoms with Crippen LogP contribution in [-0.2, 0) is 27.8 Å². The predicted octanol–water partition coefficient (Wildman–Crippen LogP) is 11.6. The average Bonchev–Trinajstić information content (AvgIpc) is 3.50. The van der Waals surface area contributed by atoms with Crippen LogP contribution in [0.1, 0.15) is 91.6 Å². The second kappa shape index (κ2) is 21.2. The number of benzene rings is 3. The number of carbonyl (C=O) groups is 1. The molecule has 342 valence electrons. The lowest BCUT2D eigenvalue weighted by Gasteiger charge is -2.45. The summed E-state index contributed by atoms with van der Waals surface area (Å²) < 4.78 is 45.1. The Hall–Kier alpha value is -3.14. The summed E-state index contributed by atoms with van der Waals surface area (Å²) in [6, 6.07) is 28.0. The summed E-state index contributed by atoms with van der Waals surface area (Å²) in [4.78, 5) is 13.6. The van der Waals surface area contributed by atoms with Crippen LogP contribution in [0.4, 0.5) is 0 Å². The first-order valence-corrected chi connectivity index (χ1v) is 30.9. The molecule has 1 aliphatic heterocycles. The second-order valence-corrected chi connectivity index (χ2v) is 35.7. The molecule has 0 N–H and O–H groups in total. The Balaban J connectivity index is 1.68. The molecule has 0 aliphatic carbocycles. The van der Waals surface area contributed by atoms with Gasteiger partial charge in [0.2, 0.25) is 0 Å². The third kappa shape index (κ3) is 13.4. The zero-order valence-electron chi connectivity index (χ0n) is 40.8. The van der Waals surface area contributed by atoms with Crippen molar-refractivity contribution in [2.45, 2.75) is 155 Å². The van der Waals surface area contributed by atoms with Crippen molar-refractivity contribution >= 4 is 47.1 Å². The molecule has 0 amide bonds. The van der Waals surface area contributed by atoms with Crippen molar-refractivity contribution in [3.05, 3.63) is 108 Å². The van der Waals surface area contributed by atoms with E-state index in [-0.39, 0.29) is 41.1 Å². The van der Waals surface area contributed by atoms with E-state index >= 15 is 0 Å². The zero-order chi connectivity index (χ0) is 46.1. The number of methoxy groups -OCH3 is 1. The number of rotatable bonds is 20. The van der Waals surface area contributed by atoms with Gasteiger partial charge in [0, 0.05) is 21.3 Å². The Kier molecular flexibility index (Phi) is 17.6. The van der Waals surface area contributed by atoms with Crippen LogP contribution < -0.4 is 15.1 Å². The van der Waals surface area contributed by atoms with Gasteiger partial charge in [-0.3, -0.25) is 0 Å². The minimum Gasteiger partial charge on any atom is -0.467 e. The van der Waals surface area contributed by atoms with Crippen LogP contribution in [0.15, 0.2) is 97.1 Å². The van der Waals surface area contributed by atoms with E-state index in [1.54, 1.807) is 13.2 Å². The highest BCUT2D eigenvalue weighted by molar-refractivity contribution is 6.99. The first-order chi connectivity index (χ1) is 28.8. The molecule has 62 heavy (non-hydrogen) atoms. The van der Waals surface area contributed by atoms with Crippen molar-refractivity contribution < 1.29 is 37.3 Å². The molecule has 1 heterocycles. The molecule has 1 unspecified atom stereocenters. The summed E-state index contributed by atoms with van der Waals surface area (Å²) in [7, 11) is -4.94. The molecule has 1 fully saturated rings. The van der Waals surface area contributed by atoms with Gasteiger partial charge < -0.3 is 32.5 Å². The van der Waals surface area contributed by atoms with Crippen LogP contribution in [0.25, 0.3) is 6.08 Å². The smallest absolute Gasteiger partial charge is 0.342 e. The summed E-state index contributed by atoms with van der Waals surface area (Å²) in [6.45, 7) is 33.8. The number of esters is 1. The van der Waals surface area contributed by atoms with Crippen molar-refractivity contribution in [2.75, 3.05) is 20.5 Å². The fourth-order valence-corrected chi connectivity index (χ4v) is 14.3. The minimum atomic E-state index is -2.78. The highest BCUT2D eigenvalue weighted by Crippen LogP contribution is 2.42. The molecule has 1 aliphatic rings. The lowest BCUT2D eigenvalue weighted by Crippen LogP contribution is -2.67. The molecule has 11 heteroatoms. The number of carbonyl (C=O) groups excluding carboxylic acids is 1. The predicted molar refractivity (Wildman–Crippen MR) is 263 cm³/mol. The van der Waals surface area contributed by atoms with E-state index in [1.165, 1.54) is 10.4 Å². The van der Waals surface area contributed by atoms with Crippen LogP contribution in [-0.4, -0.2) is 81.4 Å². The molecule has 3 aromatic carbocycles. The van der Waals surface area contributed by atoms with Crippen molar-refractivity contribution in [3.8, 4) is 5.75 Å². The van der Waals surface area contributed by atoms with Gasteiger partial charge in [0.05, 0.1) is 18.8 Å². The van der Waals surface area contributed by atoms with Gasteiger partial charge in [-0.2, -0.15) is 0 Å². The van der Waals surface area contributed by atoms with E-state index < -0.39 is 42.6 Å². The van der Waals surface area contributed by atoms with E-state index in [4.69, 9.17) is 32.5 Å². The normalized spacial score (nSPS) is 19.2. The van der Waals surface area contributed by atoms with Crippen LogP contribution in [0, 0.1) is 5.92 Å². The summed E-state index contributed by atoms with van der Waals surface area (Å²) in [5, 5.41) is 2.34. The molecule has 0 spiro atoms. The van der Waals surface area contributed by atoms with E-state index in [9.17, 15) is 4.79 Å². The standard InChI is InChI=1S/C51H78O8Si3/c1-38(39(2)58-62(50(6,7)8,41-27-19-17-20-28-41)42-29-21-18-22-30-42)33-34-45(59-61(15,16)49(3,4)5)47-44(56-51(9,10)57-47)32-24-26-40-25-23-31-43(55-37-53-11)46(40)48(52)54-35-36-60(12,13)14/h17-31,33-34,38-39,44-45,47H,32,35-37H2,1-16H3/t38-,39-,44+,45?,47+/m1/s1. The molecule has 5 atom stereocenters. The minimum absolute atomic E-state index is 0.0124. The van der Waals surface area contributed by atoms with Gasteiger partial charge in [-0.15, -0.1) is 0 Å². The molecule has 1 saturated heterocycles. The Morgan fingerprint density at radius 3 is 1.92 bits per heavy atom. The highest BCUT2D eigenvalue weighted by atomic mass is 28.4. The van der Waals surface area contributed by atoms with Gasteiger partial charge in [0.15, 0.2) is 20.9 Å². The zero-order valence-corrected chi connectivity index (χ0v) is 43.8. The van der Waals surface area contributed by atoms with Crippen molar-refractivity contribution in [1.82, 2.24) is 0 Å². The fourth-order valence-electron chi connectivity index (χ4n) is 7.57. The maximum absolute atomic E-state index is 13.6. The molecule has 8 nitrogen and oxygen atoms in total. The topological polar surface area (TPSA) is 81.7 Å². The molecule has 0 saturated carbocycles. The lowest BCUT2D eigenvalue weighted by molar-refractivity contribution is -0.151. The van der Waals surface area contributed by atoms with Crippen LogP contribution >= 0.6 is 0 Å². The number of ether oxygens (including phenoxy) is 5. The van der Waals surface area contributed by atoms with Crippen LogP contribution in [0.5, 0.6) is 5.75 Å². The van der Waals surface area contributed by atoms with Gasteiger partial charge >= 0.3 is 5.97 Å². The molecular weight excluding hydrogens is 825 g/mol. The van der Waals surface area contributed by atoms with Gasteiger partial charge in [-0.05, 0) is 84.3 Å². The highest BCUT2D eigenvalue weighted by Gasteiger charge is 2.52.